The van der Waals surface area contributed by atoms with Crippen LogP contribution >= 0.6 is 11.8 Å². The fraction of sp³-hybridized carbons (Fsp3) is 0.846. The van der Waals surface area contributed by atoms with Crippen LogP contribution in [0.3, 0.4) is 0 Å². The number of hydrogen-bond acceptors (Lipinski definition) is 4. The summed E-state index contributed by atoms with van der Waals surface area (Å²) < 4.78 is 0. The average molecular weight is 301 g/mol. The van der Waals surface area contributed by atoms with Gasteiger partial charge in [0.1, 0.15) is 6.04 Å². The average Bonchev–Trinajstić information content (AvgIpc) is 3.05. The lowest BCUT2D eigenvalue weighted by atomic mass is 10.2. The molecule has 7 heteroatoms. The molecule has 0 aromatic carbocycles. The predicted molar refractivity (Wildman–Crippen MR) is 78.9 cm³/mol. The number of carbonyl (C=O) groups excluding carboxylic acids is 1. The Bertz CT molecular complexity index is 380. The molecule has 2 heterocycles. The smallest absolute Gasteiger partial charge is 0.327 e. The molecular weight excluding hydrogens is 278 g/mol. The van der Waals surface area contributed by atoms with E-state index >= 15 is 0 Å². The Kier molecular flexibility index (Phi) is 5.15. The molecule has 2 saturated heterocycles. The quantitative estimate of drug-likeness (QED) is 0.838. The second kappa shape index (κ2) is 6.67. The summed E-state index contributed by atoms with van der Waals surface area (Å²) in [5.41, 5.74) is 0. The summed E-state index contributed by atoms with van der Waals surface area (Å²) in [5.74, 6) is 0.0506. The summed E-state index contributed by atoms with van der Waals surface area (Å²) in [6, 6.07) is -0.432. The SMILES string of the molecule is CCN1CCCC1CN(C)C(=O)N1CSCC1C(=O)O. The van der Waals surface area contributed by atoms with Crippen molar-refractivity contribution < 1.29 is 14.7 Å². The molecule has 20 heavy (non-hydrogen) atoms. The standard InChI is InChI=1S/C13H23N3O3S/c1-3-15-6-4-5-10(15)7-14(2)13(19)16-9-20-8-11(16)12(17)18/h10-11H,3-9H2,1-2H3,(H,17,18). The molecule has 2 fully saturated rings. The number of hydrogen-bond donors (Lipinski definition) is 1. The van der Waals surface area contributed by atoms with Gasteiger partial charge in [0.2, 0.25) is 0 Å². The first kappa shape index (κ1) is 15.4. The van der Waals surface area contributed by atoms with Crippen molar-refractivity contribution in [3.63, 3.8) is 0 Å². The van der Waals surface area contributed by atoms with Gasteiger partial charge in [-0.15, -0.1) is 11.8 Å². The van der Waals surface area contributed by atoms with Crippen molar-refractivity contribution in [3.05, 3.63) is 0 Å². The Hall–Kier alpha value is -0.950. The molecule has 114 valence electrons. The molecule has 0 saturated carbocycles. The lowest BCUT2D eigenvalue weighted by Gasteiger charge is -2.31. The summed E-state index contributed by atoms with van der Waals surface area (Å²) >= 11 is 1.50. The number of rotatable bonds is 4. The number of urea groups is 1. The molecule has 0 spiro atoms. The first-order chi connectivity index (χ1) is 9.54. The second-order valence-electron chi connectivity index (χ2n) is 5.41. The van der Waals surface area contributed by atoms with E-state index in [1.807, 2.05) is 0 Å². The lowest BCUT2D eigenvalue weighted by molar-refractivity contribution is -0.140. The number of likely N-dealkylation sites (N-methyl/N-ethyl adjacent to an activating group) is 2. The third-order valence-corrected chi connectivity index (χ3v) is 5.14. The highest BCUT2D eigenvalue weighted by Crippen LogP contribution is 2.23. The van der Waals surface area contributed by atoms with E-state index in [-0.39, 0.29) is 6.03 Å². The minimum atomic E-state index is -0.909. The number of aliphatic carboxylic acids is 1. The van der Waals surface area contributed by atoms with E-state index in [9.17, 15) is 9.59 Å². The summed E-state index contributed by atoms with van der Waals surface area (Å²) in [4.78, 5) is 29.1. The van der Waals surface area contributed by atoms with E-state index in [2.05, 4.69) is 11.8 Å². The summed E-state index contributed by atoms with van der Waals surface area (Å²) in [5, 5.41) is 9.14. The zero-order chi connectivity index (χ0) is 14.7. The van der Waals surface area contributed by atoms with Gasteiger partial charge >= 0.3 is 12.0 Å². The third-order valence-electron chi connectivity index (χ3n) is 4.13. The van der Waals surface area contributed by atoms with Gasteiger partial charge in [-0.25, -0.2) is 9.59 Å². The van der Waals surface area contributed by atoms with Gasteiger partial charge in [0.25, 0.3) is 0 Å². The first-order valence-electron chi connectivity index (χ1n) is 7.11. The zero-order valence-corrected chi connectivity index (χ0v) is 12.9. The van der Waals surface area contributed by atoms with Crippen LogP contribution in [0.4, 0.5) is 4.79 Å². The van der Waals surface area contributed by atoms with Crippen LogP contribution in [0, 0.1) is 0 Å². The van der Waals surface area contributed by atoms with E-state index in [1.165, 1.54) is 23.1 Å². The molecule has 0 aliphatic carbocycles. The number of carboxylic acids is 1. The normalized spacial score (nSPS) is 27.0. The highest BCUT2D eigenvalue weighted by molar-refractivity contribution is 7.99. The van der Waals surface area contributed by atoms with Gasteiger partial charge < -0.3 is 14.9 Å². The first-order valence-corrected chi connectivity index (χ1v) is 8.26. The Morgan fingerprint density at radius 2 is 2.20 bits per heavy atom. The van der Waals surface area contributed by atoms with Gasteiger partial charge in [-0.05, 0) is 25.9 Å². The van der Waals surface area contributed by atoms with Crippen LogP contribution in [0.1, 0.15) is 19.8 Å². The topological polar surface area (TPSA) is 64.1 Å². The fourth-order valence-electron chi connectivity index (χ4n) is 2.97. The Morgan fingerprint density at radius 1 is 1.45 bits per heavy atom. The molecule has 1 N–H and O–H groups in total. The van der Waals surface area contributed by atoms with Gasteiger partial charge in [0.15, 0.2) is 0 Å². The molecule has 2 aliphatic heterocycles. The molecular formula is C13H23N3O3S. The maximum Gasteiger partial charge on any atom is 0.327 e. The summed E-state index contributed by atoms with van der Waals surface area (Å²) in [6.07, 6.45) is 2.29. The molecule has 0 aromatic heterocycles. The van der Waals surface area contributed by atoms with Crippen LogP contribution in [0.15, 0.2) is 0 Å². The summed E-state index contributed by atoms with van der Waals surface area (Å²) in [6.45, 7) is 4.92. The van der Waals surface area contributed by atoms with Gasteiger partial charge in [-0.2, -0.15) is 0 Å². The lowest BCUT2D eigenvalue weighted by Crippen LogP contribution is -2.50. The minimum absolute atomic E-state index is 0.162. The van der Waals surface area contributed by atoms with Crippen molar-refractivity contribution in [3.8, 4) is 0 Å². The molecule has 0 radical (unpaired) electrons. The van der Waals surface area contributed by atoms with Crippen molar-refractivity contribution in [2.45, 2.75) is 31.8 Å². The van der Waals surface area contributed by atoms with Crippen LogP contribution in [-0.2, 0) is 4.79 Å². The molecule has 0 bridgehead atoms. The van der Waals surface area contributed by atoms with Crippen LogP contribution in [0.25, 0.3) is 0 Å². The Labute approximate surface area is 124 Å². The van der Waals surface area contributed by atoms with Gasteiger partial charge in [0.05, 0.1) is 5.88 Å². The molecule has 6 nitrogen and oxygen atoms in total. The van der Waals surface area contributed by atoms with E-state index in [4.69, 9.17) is 5.11 Å². The van der Waals surface area contributed by atoms with Gasteiger partial charge in [-0.1, -0.05) is 6.92 Å². The van der Waals surface area contributed by atoms with Crippen molar-refractivity contribution in [1.82, 2.24) is 14.7 Å². The Balaban J connectivity index is 1.93. The summed E-state index contributed by atoms with van der Waals surface area (Å²) in [7, 11) is 1.77. The number of carboxylic acid groups (broad SMARTS) is 1. The number of likely N-dealkylation sites (tertiary alicyclic amines) is 1. The highest BCUT2D eigenvalue weighted by Gasteiger charge is 2.37. The molecule has 2 unspecified atom stereocenters. The zero-order valence-electron chi connectivity index (χ0n) is 12.1. The second-order valence-corrected chi connectivity index (χ2v) is 6.41. The Morgan fingerprint density at radius 3 is 2.85 bits per heavy atom. The van der Waals surface area contributed by atoms with Crippen molar-refractivity contribution in [1.29, 1.82) is 0 Å². The van der Waals surface area contributed by atoms with Crippen molar-refractivity contribution >= 4 is 23.8 Å². The molecule has 2 rings (SSSR count). The monoisotopic (exact) mass is 301 g/mol. The number of nitrogens with zero attached hydrogens (tertiary/aromatic N) is 3. The van der Waals surface area contributed by atoms with Crippen LogP contribution in [0.5, 0.6) is 0 Å². The minimum Gasteiger partial charge on any atom is -0.480 e. The molecule has 2 atom stereocenters. The van der Waals surface area contributed by atoms with Crippen LogP contribution < -0.4 is 0 Å². The number of carbonyl (C=O) groups is 2. The van der Waals surface area contributed by atoms with Crippen LogP contribution in [0.2, 0.25) is 0 Å². The van der Waals surface area contributed by atoms with E-state index in [1.54, 1.807) is 11.9 Å². The number of thioether (sulfide) groups is 1. The van der Waals surface area contributed by atoms with E-state index in [0.717, 1.165) is 19.5 Å². The molecule has 2 amide bonds. The van der Waals surface area contributed by atoms with Crippen LogP contribution in [-0.4, -0.2) is 82.2 Å². The van der Waals surface area contributed by atoms with Crippen molar-refractivity contribution in [2.75, 3.05) is 38.3 Å². The number of amides is 2. The maximum absolute atomic E-state index is 12.4. The third kappa shape index (κ3) is 3.20. The largest absolute Gasteiger partial charge is 0.480 e. The highest BCUT2D eigenvalue weighted by atomic mass is 32.2. The maximum atomic E-state index is 12.4. The molecule has 0 aromatic rings. The van der Waals surface area contributed by atoms with Gasteiger partial charge in [-0.3, -0.25) is 4.90 Å². The van der Waals surface area contributed by atoms with E-state index in [0.29, 0.717) is 24.2 Å². The predicted octanol–water partition coefficient (Wildman–Crippen LogP) is 0.982. The molecule has 2 aliphatic rings. The fourth-order valence-corrected chi connectivity index (χ4v) is 4.11. The van der Waals surface area contributed by atoms with E-state index < -0.39 is 12.0 Å². The van der Waals surface area contributed by atoms with Gasteiger partial charge in [0, 0.05) is 25.4 Å². The van der Waals surface area contributed by atoms with Crippen molar-refractivity contribution in [2.24, 2.45) is 0 Å².